The number of rotatable bonds is 1. The topological polar surface area (TPSA) is 53.9 Å². The van der Waals surface area contributed by atoms with Gasteiger partial charge in [0.2, 0.25) is 0 Å². The van der Waals surface area contributed by atoms with Crippen LogP contribution in [-0.2, 0) is 4.74 Å². The van der Waals surface area contributed by atoms with Crippen molar-refractivity contribution >= 4 is 16.9 Å². The summed E-state index contributed by atoms with van der Waals surface area (Å²) < 4.78 is 17.8. The minimum absolute atomic E-state index is 0.0523. The summed E-state index contributed by atoms with van der Waals surface area (Å²) in [6, 6.07) is 0.0523. The van der Waals surface area contributed by atoms with Crippen LogP contribution in [0.1, 0.15) is 6.42 Å². The molecule has 0 unspecified atom stereocenters. The third-order valence-electron chi connectivity index (χ3n) is 2.45. The van der Waals surface area contributed by atoms with E-state index in [2.05, 4.69) is 10.3 Å². The number of nitrogens with one attached hydrogen (secondary N) is 1. The molecule has 2 aliphatic heterocycles. The molecule has 0 saturated carbocycles. The van der Waals surface area contributed by atoms with Crippen LogP contribution >= 0.6 is 11.8 Å². The van der Waals surface area contributed by atoms with Crippen LogP contribution < -0.4 is 5.32 Å². The maximum atomic E-state index is 12.4. The Balaban J connectivity index is 2.03. The summed E-state index contributed by atoms with van der Waals surface area (Å²) >= 11 is 1.45. The third-order valence-corrected chi connectivity index (χ3v) is 3.65. The van der Waals surface area contributed by atoms with Crippen LogP contribution in [0.15, 0.2) is 4.99 Å². The van der Waals surface area contributed by atoms with Gasteiger partial charge in [-0.15, -0.1) is 0 Å². The Kier molecular flexibility index (Phi) is 2.94. The summed E-state index contributed by atoms with van der Waals surface area (Å²) in [6.45, 7) is -0.635. The normalized spacial score (nSPS) is 44.9. The summed E-state index contributed by atoms with van der Waals surface area (Å²) in [6.07, 6.45) is -0.877. The van der Waals surface area contributed by atoms with Gasteiger partial charge in [-0.05, 0) is 6.42 Å². The number of aliphatic imine (C=N–C) groups is 1. The van der Waals surface area contributed by atoms with Crippen LogP contribution in [0.3, 0.4) is 0 Å². The molecule has 2 aliphatic rings. The maximum Gasteiger partial charge on any atom is 0.159 e. The lowest BCUT2D eigenvalue weighted by Crippen LogP contribution is -2.48. The zero-order chi connectivity index (χ0) is 10.1. The van der Waals surface area contributed by atoms with Crippen molar-refractivity contribution in [3.05, 3.63) is 0 Å². The lowest BCUT2D eigenvalue weighted by Gasteiger charge is -2.33. The number of thioether (sulfide) groups is 1. The van der Waals surface area contributed by atoms with Crippen LogP contribution in [0.2, 0.25) is 0 Å². The highest BCUT2D eigenvalue weighted by Gasteiger charge is 2.42. The highest BCUT2D eigenvalue weighted by atomic mass is 32.2. The fourth-order valence-corrected chi connectivity index (χ4v) is 2.76. The number of amidine groups is 1. The molecule has 0 spiro atoms. The quantitative estimate of drug-likeness (QED) is 0.659. The van der Waals surface area contributed by atoms with Gasteiger partial charge < -0.3 is 15.2 Å². The first-order chi connectivity index (χ1) is 6.74. The molecule has 0 amide bonds. The van der Waals surface area contributed by atoms with Crippen LogP contribution in [0.4, 0.5) is 4.39 Å². The molecule has 4 atom stereocenters. The Morgan fingerprint density at radius 2 is 2.57 bits per heavy atom. The van der Waals surface area contributed by atoms with E-state index in [1.165, 1.54) is 11.8 Å². The summed E-state index contributed by atoms with van der Waals surface area (Å²) in [4.78, 5) is 4.00. The Morgan fingerprint density at radius 3 is 3.21 bits per heavy atom. The van der Waals surface area contributed by atoms with E-state index < -0.39 is 18.9 Å². The molecule has 0 bridgehead atoms. The van der Waals surface area contributed by atoms with Gasteiger partial charge in [-0.25, -0.2) is 4.39 Å². The van der Waals surface area contributed by atoms with Gasteiger partial charge in [0.1, 0.15) is 18.2 Å². The molecule has 80 valence electrons. The number of nitrogens with zero attached hydrogens (tertiary/aromatic N) is 1. The molecular weight excluding hydrogens is 207 g/mol. The second kappa shape index (κ2) is 4.04. The molecule has 2 heterocycles. The van der Waals surface area contributed by atoms with Gasteiger partial charge in [0.15, 0.2) is 5.17 Å². The molecule has 0 radical (unpaired) electrons. The highest BCUT2D eigenvalue weighted by Crippen LogP contribution is 2.33. The van der Waals surface area contributed by atoms with Gasteiger partial charge in [0, 0.05) is 7.05 Å². The fraction of sp³-hybridized carbons (Fsp3) is 0.875. The lowest BCUT2D eigenvalue weighted by molar-refractivity contribution is -0.103. The molecule has 0 aromatic rings. The van der Waals surface area contributed by atoms with Crippen molar-refractivity contribution < 1.29 is 14.2 Å². The van der Waals surface area contributed by atoms with Crippen molar-refractivity contribution in [1.82, 2.24) is 5.32 Å². The molecule has 0 aliphatic carbocycles. The van der Waals surface area contributed by atoms with E-state index in [1.807, 2.05) is 0 Å². The van der Waals surface area contributed by atoms with Crippen molar-refractivity contribution in [2.75, 3.05) is 13.7 Å². The molecule has 14 heavy (non-hydrogen) atoms. The molecule has 6 heteroatoms. The largest absolute Gasteiger partial charge is 0.390 e. The van der Waals surface area contributed by atoms with E-state index in [4.69, 9.17) is 4.74 Å². The minimum atomic E-state index is -0.717. The first-order valence-electron chi connectivity index (χ1n) is 4.54. The van der Waals surface area contributed by atoms with Crippen LogP contribution in [-0.4, -0.2) is 47.7 Å². The zero-order valence-electron chi connectivity index (χ0n) is 7.81. The van der Waals surface area contributed by atoms with Gasteiger partial charge in [-0.2, -0.15) is 0 Å². The van der Waals surface area contributed by atoms with Crippen molar-refractivity contribution in [3.63, 3.8) is 0 Å². The third kappa shape index (κ3) is 1.74. The van der Waals surface area contributed by atoms with E-state index in [0.717, 1.165) is 5.17 Å². The summed E-state index contributed by atoms with van der Waals surface area (Å²) in [5.41, 5.74) is -0.113. The number of fused-ring (bicyclic) bond motifs is 1. The Bertz CT molecular complexity index is 251. The highest BCUT2D eigenvalue weighted by molar-refractivity contribution is 8.14. The molecule has 0 aromatic carbocycles. The van der Waals surface area contributed by atoms with E-state index in [-0.39, 0.29) is 11.5 Å². The minimum Gasteiger partial charge on any atom is -0.390 e. The molecule has 4 nitrogen and oxygen atoms in total. The number of alkyl halides is 1. The van der Waals surface area contributed by atoms with Crippen LogP contribution in [0, 0.1) is 0 Å². The van der Waals surface area contributed by atoms with Gasteiger partial charge >= 0.3 is 0 Å². The average molecular weight is 220 g/mol. The predicted molar refractivity (Wildman–Crippen MR) is 53.1 cm³/mol. The van der Waals surface area contributed by atoms with Crippen molar-refractivity contribution in [1.29, 1.82) is 0 Å². The Labute approximate surface area is 85.9 Å². The van der Waals surface area contributed by atoms with Crippen LogP contribution in [0.5, 0.6) is 0 Å². The lowest BCUT2D eigenvalue weighted by atomic mass is 10.0. The number of ether oxygens (including phenoxy) is 1. The van der Waals surface area contributed by atoms with E-state index >= 15 is 0 Å². The van der Waals surface area contributed by atoms with Gasteiger partial charge in [-0.1, -0.05) is 11.8 Å². The standard InChI is InChI=1S/C8H13FN2O2S/c1-10-8-11-4-2-5(12)6(3-9)13-7(4)14-8/h4-7,12H,2-3H2,1H3,(H,10,11)/t4-,5+,6-,7-/m1/s1. The number of aliphatic hydroxyl groups excluding tert-OH is 1. The SMILES string of the molecule is CN=C1N[C@@H]2C[C@H](O)[C@@H](CF)O[C@@H]2S1. The number of aliphatic hydroxyl groups is 1. The molecule has 0 aromatic heterocycles. The fourth-order valence-electron chi connectivity index (χ4n) is 1.68. The van der Waals surface area contributed by atoms with Crippen molar-refractivity contribution in [3.8, 4) is 0 Å². The molecular formula is C8H13FN2O2S. The number of halogens is 1. The summed E-state index contributed by atoms with van der Waals surface area (Å²) in [7, 11) is 1.69. The summed E-state index contributed by atoms with van der Waals surface area (Å²) in [5, 5.41) is 13.4. The Hall–Kier alpha value is -0.330. The van der Waals surface area contributed by atoms with Gasteiger partial charge in [0.05, 0.1) is 12.1 Å². The van der Waals surface area contributed by atoms with E-state index in [1.54, 1.807) is 7.05 Å². The molecule has 2 N–H and O–H groups in total. The zero-order valence-corrected chi connectivity index (χ0v) is 8.63. The monoisotopic (exact) mass is 220 g/mol. The summed E-state index contributed by atoms with van der Waals surface area (Å²) in [5.74, 6) is 0. The molecule has 2 fully saturated rings. The van der Waals surface area contributed by atoms with Gasteiger partial charge in [0.25, 0.3) is 0 Å². The number of hydrogen-bond acceptors (Lipinski definition) is 4. The van der Waals surface area contributed by atoms with E-state index in [9.17, 15) is 9.50 Å². The predicted octanol–water partition coefficient (Wildman–Crippen LogP) is 0.123. The number of hydrogen-bond donors (Lipinski definition) is 2. The van der Waals surface area contributed by atoms with Crippen LogP contribution in [0.25, 0.3) is 0 Å². The second-order valence-electron chi connectivity index (χ2n) is 3.40. The first-order valence-corrected chi connectivity index (χ1v) is 5.42. The molecule has 2 rings (SSSR count). The average Bonchev–Trinajstić information content (AvgIpc) is 2.58. The Morgan fingerprint density at radius 1 is 1.79 bits per heavy atom. The maximum absolute atomic E-state index is 12.4. The smallest absolute Gasteiger partial charge is 0.159 e. The second-order valence-corrected chi connectivity index (χ2v) is 4.48. The van der Waals surface area contributed by atoms with Crippen molar-refractivity contribution in [2.45, 2.75) is 30.1 Å². The van der Waals surface area contributed by atoms with Crippen molar-refractivity contribution in [2.24, 2.45) is 4.99 Å². The first kappa shape index (κ1) is 10.2. The molecule has 2 saturated heterocycles. The van der Waals surface area contributed by atoms with Gasteiger partial charge in [-0.3, -0.25) is 4.99 Å². The van der Waals surface area contributed by atoms with E-state index in [0.29, 0.717) is 6.42 Å².